The predicted octanol–water partition coefficient (Wildman–Crippen LogP) is 2.18. The van der Waals surface area contributed by atoms with Crippen molar-refractivity contribution in [1.82, 2.24) is 14.4 Å². The molecule has 4 rings (SSSR count). The molecular formula is C25H31N3O3. The Bertz CT molecular complexity index is 1030. The summed E-state index contributed by atoms with van der Waals surface area (Å²) >= 11 is 0. The first-order valence-electron chi connectivity index (χ1n) is 11.0. The Morgan fingerprint density at radius 3 is 2.58 bits per heavy atom. The van der Waals surface area contributed by atoms with Gasteiger partial charge in [0, 0.05) is 57.0 Å². The third kappa shape index (κ3) is 3.75. The number of hydrogen-bond donors (Lipinski definition) is 1. The van der Waals surface area contributed by atoms with Crippen LogP contribution in [-0.2, 0) is 17.8 Å². The number of benzene rings is 1. The monoisotopic (exact) mass is 421 g/mol. The summed E-state index contributed by atoms with van der Waals surface area (Å²) in [6, 6.07) is 13.9. The molecule has 1 aromatic carbocycles. The van der Waals surface area contributed by atoms with Crippen molar-refractivity contribution < 1.29 is 9.90 Å². The van der Waals surface area contributed by atoms with Gasteiger partial charge in [-0.05, 0) is 31.0 Å². The van der Waals surface area contributed by atoms with Crippen molar-refractivity contribution in [2.75, 3.05) is 27.2 Å². The molecule has 2 aromatic rings. The Balaban J connectivity index is 1.78. The van der Waals surface area contributed by atoms with Crippen LogP contribution in [0.1, 0.15) is 29.8 Å². The minimum absolute atomic E-state index is 0.00897. The van der Waals surface area contributed by atoms with E-state index < -0.39 is 0 Å². The first-order chi connectivity index (χ1) is 15.0. The van der Waals surface area contributed by atoms with E-state index in [-0.39, 0.29) is 42.0 Å². The van der Waals surface area contributed by atoms with Crippen molar-refractivity contribution in [2.45, 2.75) is 32.0 Å². The highest BCUT2D eigenvalue weighted by atomic mass is 16.3. The van der Waals surface area contributed by atoms with Gasteiger partial charge in [-0.3, -0.25) is 14.5 Å². The molecule has 0 aliphatic carbocycles. The average molecular weight is 422 g/mol. The van der Waals surface area contributed by atoms with Crippen LogP contribution in [0.3, 0.4) is 0 Å². The number of aliphatic hydroxyl groups is 1. The molecule has 164 valence electrons. The molecule has 31 heavy (non-hydrogen) atoms. The molecule has 6 heteroatoms. The number of carbonyl (C=O) groups is 1. The smallest absolute Gasteiger partial charge is 0.258 e. The van der Waals surface area contributed by atoms with Crippen LogP contribution in [0, 0.1) is 11.8 Å². The van der Waals surface area contributed by atoms with E-state index in [0.717, 1.165) is 18.7 Å². The fraction of sp³-hybridized carbons (Fsp3) is 0.440. The van der Waals surface area contributed by atoms with Gasteiger partial charge in [-0.1, -0.05) is 42.5 Å². The summed E-state index contributed by atoms with van der Waals surface area (Å²) in [5.41, 5.74) is 2.74. The zero-order valence-electron chi connectivity index (χ0n) is 18.4. The standard InChI is InChI=1S/C25H31N3O3/c1-4-8-18-11-12-20-23-22(25(31)26(2)3)19(16-29)21(15-28(20)24(18)30)27(23)14-13-17-9-6-5-7-10-17/h4-12,19,21-23,29H,13-16H2,1-3H3/b8-4-/t19-,21-,22+,23+/m0/s1. The van der Waals surface area contributed by atoms with Crippen molar-refractivity contribution in [2.24, 2.45) is 11.8 Å². The number of fused-ring (bicyclic) bond motifs is 4. The van der Waals surface area contributed by atoms with E-state index in [0.29, 0.717) is 12.1 Å². The van der Waals surface area contributed by atoms with Crippen LogP contribution >= 0.6 is 0 Å². The van der Waals surface area contributed by atoms with E-state index in [1.807, 2.05) is 54.0 Å². The summed E-state index contributed by atoms with van der Waals surface area (Å²) in [6.45, 7) is 3.09. The summed E-state index contributed by atoms with van der Waals surface area (Å²) in [4.78, 5) is 30.3. The number of allylic oxidation sites excluding steroid dienone is 1. The Hall–Kier alpha value is -2.70. The summed E-state index contributed by atoms with van der Waals surface area (Å²) in [5.74, 6) is -0.573. The normalized spacial score (nSPS) is 25.0. The van der Waals surface area contributed by atoms with Crippen LogP contribution in [0.4, 0.5) is 0 Å². The Morgan fingerprint density at radius 1 is 1.19 bits per heavy atom. The van der Waals surface area contributed by atoms with Gasteiger partial charge in [0.25, 0.3) is 5.56 Å². The van der Waals surface area contributed by atoms with Crippen molar-refractivity contribution in [3.8, 4) is 0 Å². The van der Waals surface area contributed by atoms with Crippen molar-refractivity contribution >= 4 is 12.0 Å². The first-order valence-corrected chi connectivity index (χ1v) is 11.0. The van der Waals surface area contributed by atoms with Gasteiger partial charge in [0.05, 0.1) is 12.0 Å². The van der Waals surface area contributed by atoms with Crippen LogP contribution in [0.25, 0.3) is 6.08 Å². The number of nitrogens with zero attached hydrogens (tertiary/aromatic N) is 3. The zero-order chi connectivity index (χ0) is 22.1. The zero-order valence-corrected chi connectivity index (χ0v) is 18.4. The molecule has 3 heterocycles. The lowest BCUT2D eigenvalue weighted by Crippen LogP contribution is -2.47. The molecule has 6 nitrogen and oxygen atoms in total. The van der Waals surface area contributed by atoms with Gasteiger partial charge in [-0.2, -0.15) is 0 Å². The van der Waals surface area contributed by atoms with E-state index >= 15 is 0 Å². The molecule has 0 saturated carbocycles. The van der Waals surface area contributed by atoms with Crippen LogP contribution in [-0.4, -0.2) is 58.7 Å². The molecule has 4 atom stereocenters. The number of hydrogen-bond acceptors (Lipinski definition) is 4. The molecule has 1 N–H and O–H groups in total. The maximum Gasteiger partial charge on any atom is 0.258 e. The maximum absolute atomic E-state index is 13.2. The van der Waals surface area contributed by atoms with Crippen molar-refractivity contribution in [3.63, 3.8) is 0 Å². The second-order valence-corrected chi connectivity index (χ2v) is 8.72. The van der Waals surface area contributed by atoms with Crippen LogP contribution in [0.15, 0.2) is 53.3 Å². The maximum atomic E-state index is 13.2. The Morgan fingerprint density at radius 2 is 1.94 bits per heavy atom. The van der Waals surface area contributed by atoms with E-state index in [9.17, 15) is 14.7 Å². The summed E-state index contributed by atoms with van der Waals surface area (Å²) in [6.07, 6.45) is 4.54. The van der Waals surface area contributed by atoms with Gasteiger partial charge in [0.15, 0.2) is 0 Å². The molecule has 0 radical (unpaired) electrons. The second-order valence-electron chi connectivity index (χ2n) is 8.72. The average Bonchev–Trinajstić information content (AvgIpc) is 2.99. The second kappa shape index (κ2) is 8.81. The third-order valence-corrected chi connectivity index (χ3v) is 6.77. The van der Waals surface area contributed by atoms with Gasteiger partial charge in [-0.15, -0.1) is 0 Å². The fourth-order valence-corrected chi connectivity index (χ4v) is 5.34. The van der Waals surface area contributed by atoms with Gasteiger partial charge in [0.2, 0.25) is 5.91 Å². The number of pyridine rings is 1. The van der Waals surface area contributed by atoms with Crippen LogP contribution in [0.5, 0.6) is 0 Å². The van der Waals surface area contributed by atoms with Crippen molar-refractivity contribution in [1.29, 1.82) is 0 Å². The van der Waals surface area contributed by atoms with Gasteiger partial charge >= 0.3 is 0 Å². The largest absolute Gasteiger partial charge is 0.396 e. The minimum Gasteiger partial charge on any atom is -0.396 e. The number of amides is 1. The molecule has 1 fully saturated rings. The topological polar surface area (TPSA) is 65.8 Å². The van der Waals surface area contributed by atoms with E-state index in [2.05, 4.69) is 17.0 Å². The molecule has 1 amide bonds. The molecule has 1 saturated heterocycles. The molecule has 2 aliphatic rings. The lowest BCUT2D eigenvalue weighted by atomic mass is 9.86. The summed E-state index contributed by atoms with van der Waals surface area (Å²) in [7, 11) is 3.52. The number of aromatic nitrogens is 1. The predicted molar refractivity (Wildman–Crippen MR) is 122 cm³/mol. The summed E-state index contributed by atoms with van der Waals surface area (Å²) in [5, 5.41) is 10.3. The van der Waals surface area contributed by atoms with Crippen LogP contribution < -0.4 is 5.56 Å². The van der Waals surface area contributed by atoms with E-state index in [4.69, 9.17) is 0 Å². The molecule has 1 aromatic heterocycles. The number of carbonyl (C=O) groups excluding carboxylic acids is 1. The third-order valence-electron chi connectivity index (χ3n) is 6.77. The first kappa shape index (κ1) is 21.5. The van der Waals surface area contributed by atoms with Gasteiger partial charge < -0.3 is 14.6 Å². The van der Waals surface area contributed by atoms with Gasteiger partial charge in [-0.25, -0.2) is 0 Å². The summed E-state index contributed by atoms with van der Waals surface area (Å²) < 4.78 is 1.83. The Kier molecular flexibility index (Phi) is 6.12. The molecule has 0 spiro atoms. The van der Waals surface area contributed by atoms with Crippen molar-refractivity contribution in [3.05, 3.63) is 75.7 Å². The number of aliphatic hydroxyl groups excluding tert-OH is 1. The highest BCUT2D eigenvalue weighted by Gasteiger charge is 2.55. The lowest BCUT2D eigenvalue weighted by molar-refractivity contribution is -0.135. The quantitative estimate of drug-likeness (QED) is 0.777. The molecular weight excluding hydrogens is 390 g/mol. The lowest BCUT2D eigenvalue weighted by Gasteiger charge is -2.38. The highest BCUT2D eigenvalue weighted by molar-refractivity contribution is 5.80. The minimum atomic E-state index is -0.374. The molecule has 2 aliphatic heterocycles. The van der Waals surface area contributed by atoms with E-state index in [1.54, 1.807) is 19.0 Å². The van der Waals surface area contributed by atoms with Gasteiger partial charge in [0.1, 0.15) is 0 Å². The fourth-order valence-electron chi connectivity index (χ4n) is 5.34. The molecule has 0 unspecified atom stereocenters. The highest BCUT2D eigenvalue weighted by Crippen LogP contribution is 2.48. The SMILES string of the molecule is C/C=C\c1ccc2n(c1=O)C[C@H]1[C@H](CO)[C@@H](C(=O)N(C)C)[C@@H]2N1CCc1ccccc1. The number of rotatable bonds is 6. The Labute approximate surface area is 183 Å². The molecule has 2 bridgehead atoms. The van der Waals surface area contributed by atoms with Crippen LogP contribution in [0.2, 0.25) is 0 Å². The van der Waals surface area contributed by atoms with E-state index in [1.165, 1.54) is 5.56 Å².